The fraction of sp³-hybridized carbons (Fsp3) is 0.273. The van der Waals surface area contributed by atoms with Gasteiger partial charge in [-0.1, -0.05) is 186 Å². The number of rotatable bonds is 60. The molecule has 0 N–H and O–H groups in total. The molecule has 18 nitrogen and oxygen atoms in total. The predicted molar refractivity (Wildman–Crippen MR) is 605 cm³/mol. The molecular formula is C132H132O18. The summed E-state index contributed by atoms with van der Waals surface area (Å²) in [5.41, 5.74) is 0.824. The van der Waals surface area contributed by atoms with E-state index in [0.29, 0.717) is 106 Å². The molecule has 0 spiro atoms. The highest BCUT2D eigenvalue weighted by Gasteiger charge is 2.29. The number of fused-ring (bicyclic) bond motifs is 12. The molecule has 0 atom stereocenters. The van der Waals surface area contributed by atoms with Crippen LogP contribution in [0.4, 0.5) is 0 Å². The van der Waals surface area contributed by atoms with Gasteiger partial charge in [0.1, 0.15) is 34.5 Å². The first-order chi connectivity index (χ1) is 73.6. The molecule has 0 aliphatic rings. The number of benzene rings is 16. The number of ether oxygens (including phenoxy) is 12. The van der Waals surface area contributed by atoms with E-state index in [9.17, 15) is 0 Å². The summed E-state index contributed by atoms with van der Waals surface area (Å²) in [7, 11) is 0. The maximum Gasteiger partial charge on any atom is 0.343 e. The van der Waals surface area contributed by atoms with Gasteiger partial charge in [-0.3, -0.25) is 0 Å². The van der Waals surface area contributed by atoms with Crippen LogP contribution in [-0.2, 0) is 0 Å². The zero-order chi connectivity index (χ0) is 104. The molecule has 0 saturated carbocycles. The van der Waals surface area contributed by atoms with Gasteiger partial charge in [0.2, 0.25) is 0 Å². The molecule has 0 radical (unpaired) electrons. The average Bonchev–Trinajstić information content (AvgIpc) is 0.718. The Bertz CT molecular complexity index is 6410. The van der Waals surface area contributed by atoms with Gasteiger partial charge in [-0.15, -0.1) is 39.5 Å². The Morgan fingerprint density at radius 1 is 0.160 bits per heavy atom. The molecule has 0 aliphatic carbocycles. The van der Waals surface area contributed by atoms with Gasteiger partial charge < -0.3 is 56.8 Å². The summed E-state index contributed by atoms with van der Waals surface area (Å²) in [6.07, 6.45) is 41.7. The number of allylic oxidation sites excluding steroid dienone is 6. The number of hydrogen-bond donors (Lipinski definition) is 0. The number of carbonyl (C=O) groups excluding carboxylic acids is 6. The first-order valence-electron chi connectivity index (χ1n) is 53.1. The summed E-state index contributed by atoms with van der Waals surface area (Å²) < 4.78 is 77.5. The Morgan fingerprint density at radius 2 is 0.293 bits per heavy atom. The normalized spacial score (nSPS) is 11.3. The van der Waals surface area contributed by atoms with Crippen molar-refractivity contribution in [3.8, 4) is 69.0 Å². The lowest BCUT2D eigenvalue weighted by Gasteiger charge is -2.19. The van der Waals surface area contributed by atoms with Gasteiger partial charge in [0, 0.05) is 0 Å². The maximum absolute atomic E-state index is 15.5. The quantitative estimate of drug-likeness (QED) is 0.0114. The molecule has 0 fully saturated rings. The van der Waals surface area contributed by atoms with Gasteiger partial charge in [-0.2, -0.15) is 0 Å². The molecule has 0 bridgehead atoms. The van der Waals surface area contributed by atoms with Crippen molar-refractivity contribution in [2.24, 2.45) is 0 Å². The molecule has 16 aromatic carbocycles. The Morgan fingerprint density at radius 3 is 0.440 bits per heavy atom. The molecule has 0 aliphatic heterocycles. The summed E-state index contributed by atoms with van der Waals surface area (Å²) in [5.74, 6) is -2.45. The molecule has 0 saturated heterocycles. The minimum Gasteiger partial charge on any atom is -0.494 e. The van der Waals surface area contributed by atoms with Crippen molar-refractivity contribution in [1.29, 1.82) is 0 Å². The zero-order valence-corrected chi connectivity index (χ0v) is 85.8. The Balaban J connectivity index is 0.856. The van der Waals surface area contributed by atoms with Crippen LogP contribution >= 0.6 is 0 Å². The Hall–Kier alpha value is -16.1. The molecule has 16 aromatic rings. The molecule has 0 aromatic heterocycles. The highest BCUT2D eigenvalue weighted by atomic mass is 16.6. The van der Waals surface area contributed by atoms with Crippen LogP contribution in [0.15, 0.2) is 331 Å². The van der Waals surface area contributed by atoms with E-state index in [1.54, 1.807) is 109 Å². The zero-order valence-electron chi connectivity index (χ0n) is 85.8. The maximum atomic E-state index is 15.5. The van der Waals surface area contributed by atoms with Gasteiger partial charge in [-0.05, 0) is 395 Å². The molecule has 768 valence electrons. The smallest absolute Gasteiger partial charge is 0.343 e. The van der Waals surface area contributed by atoms with Crippen LogP contribution in [0.5, 0.6) is 69.0 Å². The van der Waals surface area contributed by atoms with Crippen molar-refractivity contribution in [1.82, 2.24) is 0 Å². The summed E-state index contributed by atoms with van der Waals surface area (Å²) in [4.78, 5) is 93.2. The summed E-state index contributed by atoms with van der Waals surface area (Å²) in [6, 6.07) is 74.3. The van der Waals surface area contributed by atoms with Crippen LogP contribution in [-0.4, -0.2) is 75.5 Å². The standard InChI is InChI=1S/C132H132O18/c1-7-13-19-25-31-37-67-139-109-61-55-91-73-103(49-43-97(91)79-109)127(133)145-121-85-115-116(86-122(121)146-128(134)104-50-44-98-80-110(62-56-92(98)74-104)140-68-38-32-26-20-14-8-2)118-88-124(148-130(136)106-52-46-100-82-112(64-58-94(100)76-106)142-70-40-34-28-22-16-10-4)126(150-132(138)108-54-48-102-84-114(66-60-96(102)78-108)144-72-42-36-30-24-18-12-6)90-120(118)119-89-125(149-131(137)107-53-47-101-83-113(65-59-95(101)77-107)143-71-41-35-29-23-17-11-5)123(87-117(115)119)147-129(135)105-51-45-99-81-111(63-57-93(99)75-105)141-69-39-33-27-21-15-9-3/h7-12,43-66,73-90H,1-6,13-42,67-72H2. The van der Waals surface area contributed by atoms with E-state index in [1.165, 1.54) is 0 Å². The van der Waals surface area contributed by atoms with Crippen LogP contribution < -0.4 is 56.8 Å². The van der Waals surface area contributed by atoms with E-state index in [1.807, 2.05) is 182 Å². The van der Waals surface area contributed by atoms with Gasteiger partial charge in [-0.25, -0.2) is 28.8 Å². The molecule has 0 heterocycles. The van der Waals surface area contributed by atoms with Gasteiger partial charge in [0.15, 0.2) is 34.5 Å². The molecule has 18 heteroatoms. The second-order valence-electron chi connectivity index (χ2n) is 38.3. The van der Waals surface area contributed by atoms with Crippen molar-refractivity contribution >= 4 is 133 Å². The van der Waals surface area contributed by atoms with E-state index in [-0.39, 0.29) is 100 Å². The number of unbranched alkanes of at least 4 members (excludes halogenated alkanes) is 24. The van der Waals surface area contributed by atoms with E-state index >= 15 is 28.8 Å². The third-order valence-electron chi connectivity index (χ3n) is 27.1. The largest absolute Gasteiger partial charge is 0.494 e. The summed E-state index contributed by atoms with van der Waals surface area (Å²) in [6.45, 7) is 26.3. The highest BCUT2D eigenvalue weighted by Crippen LogP contribution is 2.49. The van der Waals surface area contributed by atoms with Crippen molar-refractivity contribution in [2.45, 2.75) is 193 Å². The first-order valence-corrected chi connectivity index (χ1v) is 53.1. The minimum absolute atomic E-state index is 0.137. The van der Waals surface area contributed by atoms with Gasteiger partial charge in [0.25, 0.3) is 0 Å². The highest BCUT2D eigenvalue weighted by molar-refractivity contribution is 6.27. The number of esters is 6. The SMILES string of the molecule is C=CCCCCCCOc1ccc2cc(C(=O)Oc3cc4c5cc(OC(=O)c6ccc7cc(OCCCCCCC=C)ccc7c6)c(OC(=O)c6ccc7cc(OCCCCCCC=C)ccc7c6)cc5c5cc(OC(=O)c6ccc7cc(OCCCCCCC=C)ccc7c6)c(OC(=O)c6ccc7cc(OCCCCCCC=C)ccc7c6)cc5c4cc3OC(=O)c3ccc4cc(OCCCCCCC=C)ccc4c3)ccc2c1. The van der Waals surface area contributed by atoms with Crippen LogP contribution in [0.25, 0.3) is 97.0 Å². The van der Waals surface area contributed by atoms with Gasteiger partial charge in [0.05, 0.1) is 73.0 Å². The van der Waals surface area contributed by atoms with E-state index in [4.69, 9.17) is 56.8 Å². The second kappa shape index (κ2) is 54.6. The minimum atomic E-state index is -0.838. The lowest BCUT2D eigenvalue weighted by molar-refractivity contribution is 0.0682. The molecule has 16 rings (SSSR count). The van der Waals surface area contributed by atoms with Crippen molar-refractivity contribution < 1.29 is 85.6 Å². The van der Waals surface area contributed by atoms with E-state index < -0.39 is 35.8 Å². The van der Waals surface area contributed by atoms with Crippen LogP contribution in [0.3, 0.4) is 0 Å². The fourth-order valence-electron chi connectivity index (χ4n) is 18.7. The predicted octanol–water partition coefficient (Wildman–Crippen LogP) is 34.5. The van der Waals surface area contributed by atoms with Crippen molar-refractivity contribution in [3.63, 3.8) is 0 Å². The number of hydrogen-bond acceptors (Lipinski definition) is 18. The lowest BCUT2D eigenvalue weighted by atomic mass is 9.93. The Labute approximate surface area is 878 Å². The van der Waals surface area contributed by atoms with E-state index in [0.717, 1.165) is 225 Å². The van der Waals surface area contributed by atoms with Crippen LogP contribution in [0, 0.1) is 0 Å². The monoisotopic (exact) mass is 2000 g/mol. The topological polar surface area (TPSA) is 213 Å². The van der Waals surface area contributed by atoms with Gasteiger partial charge >= 0.3 is 35.8 Å². The van der Waals surface area contributed by atoms with Crippen LogP contribution in [0.2, 0.25) is 0 Å². The number of carbonyl (C=O) groups is 6. The fourth-order valence-corrected chi connectivity index (χ4v) is 18.7. The Kier molecular flexibility index (Phi) is 38.8. The molecule has 0 amide bonds. The molecule has 0 unspecified atom stereocenters. The van der Waals surface area contributed by atoms with E-state index in [2.05, 4.69) is 39.5 Å². The molecular weight excluding hydrogens is 1870 g/mol. The second-order valence-corrected chi connectivity index (χ2v) is 38.3. The van der Waals surface area contributed by atoms with Crippen molar-refractivity contribution in [3.05, 3.63) is 364 Å². The summed E-state index contributed by atoms with van der Waals surface area (Å²) in [5, 5.41) is 10.6. The molecule has 150 heavy (non-hydrogen) atoms. The first kappa shape index (κ1) is 107. The average molecular weight is 2010 g/mol. The lowest BCUT2D eigenvalue weighted by Crippen LogP contribution is -2.14. The van der Waals surface area contributed by atoms with Crippen LogP contribution in [0.1, 0.15) is 255 Å². The third-order valence-corrected chi connectivity index (χ3v) is 27.1. The third kappa shape index (κ3) is 29.3. The van der Waals surface area contributed by atoms with Crippen molar-refractivity contribution in [2.75, 3.05) is 39.6 Å². The summed E-state index contributed by atoms with van der Waals surface area (Å²) >= 11 is 0.